The molecular weight excluding hydrogens is 348 g/mol. The molecule has 152 valence electrons. The van der Waals surface area contributed by atoms with Crippen LogP contribution >= 0.6 is 0 Å². The van der Waals surface area contributed by atoms with Gasteiger partial charge in [-0.1, -0.05) is 60.7 Å². The molecule has 0 heterocycles. The average molecular weight is 383 g/mol. The van der Waals surface area contributed by atoms with Gasteiger partial charge in [-0.3, -0.25) is 9.69 Å². The van der Waals surface area contributed by atoms with Gasteiger partial charge in [0.15, 0.2) is 0 Å². The summed E-state index contributed by atoms with van der Waals surface area (Å²) in [5, 5.41) is 0. The lowest BCUT2D eigenvalue weighted by atomic mass is 9.97. The first-order chi connectivity index (χ1) is 13.3. The summed E-state index contributed by atoms with van der Waals surface area (Å²) < 4.78 is 5.64. The Kier molecular flexibility index (Phi) is 8.21. The molecule has 4 heteroatoms. The van der Waals surface area contributed by atoms with Crippen molar-refractivity contribution in [2.24, 2.45) is 5.73 Å². The van der Waals surface area contributed by atoms with Gasteiger partial charge in [0, 0.05) is 18.6 Å². The second-order valence-electron chi connectivity index (χ2n) is 8.18. The lowest BCUT2D eigenvalue weighted by molar-refractivity contribution is -0.156. The van der Waals surface area contributed by atoms with Crippen LogP contribution in [0, 0.1) is 0 Å². The first-order valence-electron chi connectivity index (χ1n) is 10.1. The predicted octanol–water partition coefficient (Wildman–Crippen LogP) is 4.87. The Labute approximate surface area is 169 Å². The molecule has 0 aliphatic carbocycles. The minimum absolute atomic E-state index is 0.0715. The van der Waals surface area contributed by atoms with Crippen LogP contribution in [0.4, 0.5) is 0 Å². The summed E-state index contributed by atoms with van der Waals surface area (Å²) in [6.45, 7) is 9.33. The van der Waals surface area contributed by atoms with Crippen LogP contribution in [0.1, 0.15) is 63.7 Å². The lowest BCUT2D eigenvalue weighted by Crippen LogP contribution is -2.36. The van der Waals surface area contributed by atoms with Crippen molar-refractivity contribution >= 4 is 5.97 Å². The van der Waals surface area contributed by atoms with Crippen LogP contribution in [0.3, 0.4) is 0 Å². The fraction of sp³-hybridized carbons (Fsp3) is 0.458. The molecule has 0 saturated heterocycles. The zero-order valence-electron chi connectivity index (χ0n) is 17.6. The molecule has 2 atom stereocenters. The zero-order chi connectivity index (χ0) is 20.6. The summed E-state index contributed by atoms with van der Waals surface area (Å²) in [5.74, 6) is -0.181. The van der Waals surface area contributed by atoms with Gasteiger partial charge in [0.25, 0.3) is 0 Å². The Hall–Kier alpha value is -2.17. The Balaban J connectivity index is 2.35. The largest absolute Gasteiger partial charge is 0.460 e. The third-order valence-electron chi connectivity index (χ3n) is 4.76. The fourth-order valence-corrected chi connectivity index (χ4v) is 3.46. The van der Waals surface area contributed by atoms with Crippen LogP contribution in [-0.4, -0.2) is 29.6 Å². The van der Waals surface area contributed by atoms with Crippen molar-refractivity contribution in [3.05, 3.63) is 71.8 Å². The van der Waals surface area contributed by atoms with E-state index in [1.807, 2.05) is 45.0 Å². The van der Waals surface area contributed by atoms with Gasteiger partial charge in [0.2, 0.25) is 0 Å². The second kappa shape index (κ2) is 10.4. The van der Waals surface area contributed by atoms with E-state index in [9.17, 15) is 4.79 Å². The Morgan fingerprint density at radius 2 is 1.54 bits per heavy atom. The summed E-state index contributed by atoms with van der Waals surface area (Å²) in [4.78, 5) is 15.1. The number of nitrogens with zero attached hydrogens (tertiary/aromatic N) is 1. The van der Waals surface area contributed by atoms with E-state index in [-0.39, 0.29) is 18.1 Å². The second-order valence-corrected chi connectivity index (χ2v) is 8.18. The minimum Gasteiger partial charge on any atom is -0.460 e. The van der Waals surface area contributed by atoms with E-state index in [4.69, 9.17) is 10.5 Å². The normalized spacial score (nSPS) is 13.9. The highest BCUT2D eigenvalue weighted by Gasteiger charge is 2.29. The van der Waals surface area contributed by atoms with E-state index in [1.54, 1.807) is 0 Å². The van der Waals surface area contributed by atoms with Gasteiger partial charge in [0.1, 0.15) is 5.60 Å². The number of esters is 1. The molecule has 2 N–H and O–H groups in total. The Bertz CT molecular complexity index is 710. The molecule has 0 unspecified atom stereocenters. The molecule has 0 saturated carbocycles. The predicted molar refractivity (Wildman–Crippen MR) is 115 cm³/mol. The van der Waals surface area contributed by atoms with Gasteiger partial charge >= 0.3 is 5.97 Å². The maximum Gasteiger partial charge on any atom is 0.308 e. The molecule has 0 radical (unpaired) electrons. The van der Waals surface area contributed by atoms with Crippen molar-refractivity contribution in [3.63, 3.8) is 0 Å². The molecule has 2 aromatic carbocycles. The first kappa shape index (κ1) is 22.1. The van der Waals surface area contributed by atoms with Crippen LogP contribution in [0.15, 0.2) is 60.7 Å². The van der Waals surface area contributed by atoms with E-state index in [0.717, 1.165) is 18.5 Å². The SMILES string of the molecule is C[C@H](c1ccccc1)N(CCCN)[C@@H](CC(=O)OC(C)(C)C)c1ccccc1. The highest BCUT2D eigenvalue weighted by Crippen LogP contribution is 2.33. The van der Waals surface area contributed by atoms with Crippen molar-refractivity contribution in [1.82, 2.24) is 4.90 Å². The monoisotopic (exact) mass is 382 g/mol. The molecular formula is C24H34N2O2. The number of ether oxygens (including phenoxy) is 1. The van der Waals surface area contributed by atoms with E-state index >= 15 is 0 Å². The number of rotatable bonds is 9. The molecule has 0 amide bonds. The van der Waals surface area contributed by atoms with Crippen molar-refractivity contribution < 1.29 is 9.53 Å². The summed E-state index contributed by atoms with van der Waals surface area (Å²) in [7, 11) is 0. The van der Waals surface area contributed by atoms with Crippen molar-refractivity contribution in [2.75, 3.05) is 13.1 Å². The molecule has 0 bridgehead atoms. The summed E-state index contributed by atoms with van der Waals surface area (Å²) in [6.07, 6.45) is 1.18. The van der Waals surface area contributed by atoms with Crippen molar-refractivity contribution in [3.8, 4) is 0 Å². The summed E-state index contributed by atoms with van der Waals surface area (Å²) in [5.41, 5.74) is 7.67. The van der Waals surface area contributed by atoms with E-state index < -0.39 is 5.60 Å². The van der Waals surface area contributed by atoms with Gasteiger partial charge in [0.05, 0.1) is 6.42 Å². The van der Waals surface area contributed by atoms with Crippen molar-refractivity contribution in [2.45, 2.75) is 58.2 Å². The van der Waals surface area contributed by atoms with E-state index in [2.05, 4.69) is 48.2 Å². The Morgan fingerprint density at radius 3 is 2.04 bits per heavy atom. The third kappa shape index (κ3) is 6.77. The molecule has 28 heavy (non-hydrogen) atoms. The van der Waals surface area contributed by atoms with Crippen LogP contribution in [0.25, 0.3) is 0 Å². The molecule has 0 aromatic heterocycles. The molecule has 2 rings (SSSR count). The number of carbonyl (C=O) groups is 1. The number of hydrogen-bond acceptors (Lipinski definition) is 4. The summed E-state index contributed by atoms with van der Waals surface area (Å²) in [6, 6.07) is 20.7. The summed E-state index contributed by atoms with van der Waals surface area (Å²) >= 11 is 0. The maximum atomic E-state index is 12.7. The van der Waals surface area contributed by atoms with Crippen LogP contribution in [0.2, 0.25) is 0 Å². The molecule has 2 aromatic rings. The number of carbonyl (C=O) groups excluding carboxylic acids is 1. The Morgan fingerprint density at radius 1 is 1.00 bits per heavy atom. The van der Waals surface area contributed by atoms with Crippen molar-refractivity contribution in [1.29, 1.82) is 0 Å². The van der Waals surface area contributed by atoms with Gasteiger partial charge in [-0.2, -0.15) is 0 Å². The van der Waals surface area contributed by atoms with Crippen LogP contribution in [0.5, 0.6) is 0 Å². The maximum absolute atomic E-state index is 12.7. The molecule has 0 aliphatic heterocycles. The van der Waals surface area contributed by atoms with Gasteiger partial charge < -0.3 is 10.5 Å². The quantitative estimate of drug-likeness (QED) is 0.629. The smallest absolute Gasteiger partial charge is 0.308 e. The third-order valence-corrected chi connectivity index (χ3v) is 4.76. The fourth-order valence-electron chi connectivity index (χ4n) is 3.46. The van der Waals surface area contributed by atoms with Crippen LogP contribution < -0.4 is 5.73 Å². The number of benzene rings is 2. The molecule has 0 fully saturated rings. The molecule has 0 spiro atoms. The average Bonchev–Trinajstić information content (AvgIpc) is 2.67. The standard InChI is InChI=1S/C24H34N2O2/c1-19(20-12-7-5-8-13-20)26(17-11-16-25)22(21-14-9-6-10-15-21)18-23(27)28-24(2,3)4/h5-10,12-15,19,22H,11,16-18,25H2,1-4H3/t19-,22+/m1/s1. The highest BCUT2D eigenvalue weighted by molar-refractivity contribution is 5.71. The first-order valence-corrected chi connectivity index (χ1v) is 10.1. The van der Waals surface area contributed by atoms with E-state index in [0.29, 0.717) is 13.0 Å². The van der Waals surface area contributed by atoms with E-state index in [1.165, 1.54) is 5.56 Å². The molecule has 4 nitrogen and oxygen atoms in total. The highest BCUT2D eigenvalue weighted by atomic mass is 16.6. The van der Waals surface area contributed by atoms with Gasteiger partial charge in [-0.15, -0.1) is 0 Å². The lowest BCUT2D eigenvalue weighted by Gasteiger charge is -2.37. The topological polar surface area (TPSA) is 55.6 Å². The molecule has 0 aliphatic rings. The van der Waals surface area contributed by atoms with Gasteiger partial charge in [-0.25, -0.2) is 0 Å². The zero-order valence-corrected chi connectivity index (χ0v) is 17.6. The minimum atomic E-state index is -0.495. The number of hydrogen-bond donors (Lipinski definition) is 1. The van der Waals surface area contributed by atoms with Crippen LogP contribution in [-0.2, 0) is 9.53 Å². The number of nitrogens with two attached hydrogens (primary N) is 1. The van der Waals surface area contributed by atoms with Gasteiger partial charge in [-0.05, 0) is 51.8 Å².